The number of carbonyl (C=O) groups is 1. The van der Waals surface area contributed by atoms with Crippen molar-refractivity contribution < 1.29 is 19.0 Å². The lowest BCUT2D eigenvalue weighted by Crippen LogP contribution is -2.14. The second-order valence-corrected chi connectivity index (χ2v) is 4.34. The van der Waals surface area contributed by atoms with E-state index in [1.807, 2.05) is 18.2 Å². The number of carbonyl (C=O) groups excluding carboxylic acids is 1. The summed E-state index contributed by atoms with van der Waals surface area (Å²) in [5, 5.41) is 3.33. The highest BCUT2D eigenvalue weighted by molar-refractivity contribution is 5.69. The molecule has 0 fully saturated rings. The van der Waals surface area contributed by atoms with E-state index in [-0.39, 0.29) is 19.0 Å². The number of benzene rings is 1. The van der Waals surface area contributed by atoms with Gasteiger partial charge in [-0.15, -0.1) is 0 Å². The van der Waals surface area contributed by atoms with Gasteiger partial charge in [-0.05, 0) is 30.7 Å². The zero-order valence-corrected chi connectivity index (χ0v) is 12.4. The van der Waals surface area contributed by atoms with Gasteiger partial charge in [-0.3, -0.25) is 4.79 Å². The van der Waals surface area contributed by atoms with Crippen LogP contribution in [0.2, 0.25) is 0 Å². The topological polar surface area (TPSA) is 56.8 Å². The standard InChI is InChI=1S/C15H23NO4/c1-4-8-16-11-12-5-6-13(14(10-12)18-2)20-9-7-15(17)19-3/h5-6,10,16H,4,7-9,11H2,1-3H3. The normalized spacial score (nSPS) is 10.2. The molecule has 0 atom stereocenters. The summed E-state index contributed by atoms with van der Waals surface area (Å²) >= 11 is 0. The van der Waals surface area contributed by atoms with E-state index in [1.54, 1.807) is 7.11 Å². The van der Waals surface area contributed by atoms with Crippen molar-refractivity contribution in [1.82, 2.24) is 5.32 Å². The Labute approximate surface area is 120 Å². The molecule has 1 aromatic rings. The van der Waals surface area contributed by atoms with E-state index < -0.39 is 0 Å². The summed E-state index contributed by atoms with van der Waals surface area (Å²) in [4.78, 5) is 11.0. The van der Waals surface area contributed by atoms with Crippen LogP contribution in [-0.2, 0) is 16.1 Å². The number of esters is 1. The van der Waals surface area contributed by atoms with Gasteiger partial charge in [0, 0.05) is 6.54 Å². The summed E-state index contributed by atoms with van der Waals surface area (Å²) in [6, 6.07) is 5.79. The maximum atomic E-state index is 11.0. The minimum Gasteiger partial charge on any atom is -0.493 e. The van der Waals surface area contributed by atoms with Crippen molar-refractivity contribution in [2.45, 2.75) is 26.3 Å². The van der Waals surface area contributed by atoms with Crippen LogP contribution in [0, 0.1) is 0 Å². The molecule has 0 saturated carbocycles. The molecule has 0 heterocycles. The first-order valence-corrected chi connectivity index (χ1v) is 6.78. The maximum absolute atomic E-state index is 11.0. The average molecular weight is 281 g/mol. The predicted octanol–water partition coefficient (Wildman–Crippen LogP) is 2.14. The van der Waals surface area contributed by atoms with Crippen molar-refractivity contribution >= 4 is 5.97 Å². The first-order valence-electron chi connectivity index (χ1n) is 6.78. The highest BCUT2D eigenvalue weighted by Crippen LogP contribution is 2.28. The molecule has 5 nitrogen and oxygen atoms in total. The van der Waals surface area contributed by atoms with E-state index in [4.69, 9.17) is 9.47 Å². The van der Waals surface area contributed by atoms with E-state index in [1.165, 1.54) is 7.11 Å². The van der Waals surface area contributed by atoms with Gasteiger partial charge in [0.1, 0.15) is 0 Å². The zero-order valence-electron chi connectivity index (χ0n) is 12.4. The number of methoxy groups -OCH3 is 2. The molecule has 0 radical (unpaired) electrons. The zero-order chi connectivity index (χ0) is 14.8. The lowest BCUT2D eigenvalue weighted by molar-refractivity contribution is -0.141. The molecule has 0 saturated heterocycles. The summed E-state index contributed by atoms with van der Waals surface area (Å²) in [5.41, 5.74) is 1.13. The Bertz CT molecular complexity index is 420. The van der Waals surface area contributed by atoms with E-state index in [9.17, 15) is 4.79 Å². The third kappa shape index (κ3) is 5.48. The molecular formula is C15H23NO4. The van der Waals surface area contributed by atoms with Crippen molar-refractivity contribution in [1.29, 1.82) is 0 Å². The van der Waals surface area contributed by atoms with Gasteiger partial charge in [-0.25, -0.2) is 0 Å². The summed E-state index contributed by atoms with van der Waals surface area (Å²) in [5.74, 6) is 1.02. The van der Waals surface area contributed by atoms with Gasteiger partial charge in [0.25, 0.3) is 0 Å². The van der Waals surface area contributed by atoms with E-state index >= 15 is 0 Å². The number of nitrogens with one attached hydrogen (secondary N) is 1. The Balaban J connectivity index is 2.56. The van der Waals surface area contributed by atoms with Crippen LogP contribution in [0.15, 0.2) is 18.2 Å². The van der Waals surface area contributed by atoms with Gasteiger partial charge < -0.3 is 19.5 Å². The van der Waals surface area contributed by atoms with Crippen molar-refractivity contribution in [2.75, 3.05) is 27.4 Å². The van der Waals surface area contributed by atoms with Crippen LogP contribution in [0.3, 0.4) is 0 Å². The third-order valence-electron chi connectivity index (χ3n) is 2.78. The van der Waals surface area contributed by atoms with Crippen molar-refractivity contribution in [3.05, 3.63) is 23.8 Å². The first kappa shape index (κ1) is 16.3. The summed E-state index contributed by atoms with van der Waals surface area (Å²) in [7, 11) is 2.97. The van der Waals surface area contributed by atoms with Gasteiger partial charge in [0.15, 0.2) is 11.5 Å². The van der Waals surface area contributed by atoms with E-state index in [0.717, 1.165) is 25.1 Å². The number of hydrogen-bond donors (Lipinski definition) is 1. The van der Waals surface area contributed by atoms with Gasteiger partial charge in [0.05, 0.1) is 27.2 Å². The second kappa shape index (κ2) is 9.20. The Morgan fingerprint density at radius 3 is 2.70 bits per heavy atom. The summed E-state index contributed by atoms with van der Waals surface area (Å²) in [6.45, 7) is 4.19. The molecule has 0 aliphatic rings. The van der Waals surface area contributed by atoms with Crippen molar-refractivity contribution in [3.8, 4) is 11.5 Å². The molecule has 1 N–H and O–H groups in total. The Morgan fingerprint density at radius 1 is 1.25 bits per heavy atom. The fraction of sp³-hybridized carbons (Fsp3) is 0.533. The van der Waals surface area contributed by atoms with Crippen molar-refractivity contribution in [3.63, 3.8) is 0 Å². The molecule has 1 rings (SSSR count). The fourth-order valence-corrected chi connectivity index (χ4v) is 1.70. The molecule has 20 heavy (non-hydrogen) atoms. The predicted molar refractivity (Wildman–Crippen MR) is 77.1 cm³/mol. The van der Waals surface area contributed by atoms with Crippen LogP contribution in [0.25, 0.3) is 0 Å². The van der Waals surface area contributed by atoms with Gasteiger partial charge >= 0.3 is 5.97 Å². The highest BCUT2D eigenvalue weighted by atomic mass is 16.5. The molecule has 0 aliphatic carbocycles. The second-order valence-electron chi connectivity index (χ2n) is 4.34. The SMILES string of the molecule is CCCNCc1ccc(OCCC(=O)OC)c(OC)c1. The minimum atomic E-state index is -0.288. The smallest absolute Gasteiger partial charge is 0.308 e. The van der Waals surface area contributed by atoms with Crippen LogP contribution >= 0.6 is 0 Å². The molecule has 0 bridgehead atoms. The molecule has 0 spiro atoms. The van der Waals surface area contributed by atoms with Gasteiger partial charge in [-0.1, -0.05) is 13.0 Å². The summed E-state index contributed by atoms with van der Waals surface area (Å²) < 4.78 is 15.4. The Hall–Kier alpha value is -1.75. The molecule has 5 heteroatoms. The quantitative estimate of drug-likeness (QED) is 0.555. The molecule has 112 valence electrons. The van der Waals surface area contributed by atoms with Gasteiger partial charge in [0.2, 0.25) is 0 Å². The first-order chi connectivity index (χ1) is 9.71. The molecule has 1 aromatic carbocycles. The third-order valence-corrected chi connectivity index (χ3v) is 2.78. The lowest BCUT2D eigenvalue weighted by Gasteiger charge is -2.12. The Kier molecular flexibility index (Phi) is 7.50. The van der Waals surface area contributed by atoms with Crippen LogP contribution in [-0.4, -0.2) is 33.3 Å². The molecular weight excluding hydrogens is 258 g/mol. The number of ether oxygens (including phenoxy) is 3. The molecule has 0 unspecified atom stereocenters. The van der Waals surface area contributed by atoms with Crippen LogP contribution in [0.1, 0.15) is 25.3 Å². The largest absolute Gasteiger partial charge is 0.493 e. The molecule has 0 aromatic heterocycles. The van der Waals surface area contributed by atoms with Crippen LogP contribution in [0.5, 0.6) is 11.5 Å². The van der Waals surface area contributed by atoms with Crippen molar-refractivity contribution in [2.24, 2.45) is 0 Å². The Morgan fingerprint density at radius 2 is 2.05 bits per heavy atom. The average Bonchev–Trinajstić information content (AvgIpc) is 2.48. The highest BCUT2D eigenvalue weighted by Gasteiger charge is 2.07. The van der Waals surface area contributed by atoms with Gasteiger partial charge in [-0.2, -0.15) is 0 Å². The fourth-order valence-electron chi connectivity index (χ4n) is 1.70. The molecule has 0 amide bonds. The summed E-state index contributed by atoms with van der Waals surface area (Å²) in [6.07, 6.45) is 1.32. The van der Waals surface area contributed by atoms with Crippen LogP contribution in [0.4, 0.5) is 0 Å². The molecule has 0 aliphatic heterocycles. The van der Waals surface area contributed by atoms with E-state index in [2.05, 4.69) is 17.0 Å². The van der Waals surface area contributed by atoms with E-state index in [0.29, 0.717) is 11.5 Å². The minimum absolute atomic E-state index is 0.222. The monoisotopic (exact) mass is 281 g/mol. The number of hydrogen-bond acceptors (Lipinski definition) is 5. The maximum Gasteiger partial charge on any atom is 0.308 e. The number of rotatable bonds is 9. The van der Waals surface area contributed by atoms with Crippen LogP contribution < -0.4 is 14.8 Å². The lowest BCUT2D eigenvalue weighted by atomic mass is 10.2.